The molecule has 0 aliphatic carbocycles. The van der Waals surface area contributed by atoms with Gasteiger partial charge in [-0.1, -0.05) is 12.6 Å². The van der Waals surface area contributed by atoms with Crippen LogP contribution in [0.2, 0.25) is 0 Å². The van der Waals surface area contributed by atoms with Crippen molar-refractivity contribution in [1.82, 2.24) is 19.8 Å². The first-order chi connectivity index (χ1) is 24.2. The van der Waals surface area contributed by atoms with Crippen molar-refractivity contribution in [2.45, 2.75) is 62.6 Å². The second kappa shape index (κ2) is 12.6. The lowest BCUT2D eigenvalue weighted by atomic mass is 9.92. The Bertz CT molecular complexity index is 2130. The third-order valence-electron chi connectivity index (χ3n) is 10.6. The zero-order valence-corrected chi connectivity index (χ0v) is 28.5. The van der Waals surface area contributed by atoms with Gasteiger partial charge in [-0.2, -0.15) is 28.4 Å². The fraction of sp³-hybridized carbons (Fsp3) is 0.429. The number of benzene rings is 2. The van der Waals surface area contributed by atoms with Crippen LogP contribution in [0.4, 0.5) is 37.2 Å². The largest absolute Gasteiger partial charge is 0.461 e. The number of nitrogen functional groups attached to an aromatic ring is 1. The Morgan fingerprint density at radius 1 is 1.29 bits per heavy atom. The third kappa shape index (κ3) is 5.61. The van der Waals surface area contributed by atoms with E-state index in [2.05, 4.69) is 16.5 Å². The van der Waals surface area contributed by atoms with Gasteiger partial charge < -0.3 is 20.3 Å². The van der Waals surface area contributed by atoms with Crippen molar-refractivity contribution in [3.8, 4) is 23.2 Å². The normalized spacial score (nSPS) is 23.6. The van der Waals surface area contributed by atoms with E-state index in [9.17, 15) is 18.8 Å². The van der Waals surface area contributed by atoms with E-state index in [-0.39, 0.29) is 68.9 Å². The summed E-state index contributed by atoms with van der Waals surface area (Å²) in [7, 11) is 1.59. The molecule has 0 radical (unpaired) electrons. The monoisotopic (exact) mass is 729 g/mol. The smallest absolute Gasteiger partial charge is 0.417 e. The summed E-state index contributed by atoms with van der Waals surface area (Å²) < 4.78 is 97.6. The van der Waals surface area contributed by atoms with Gasteiger partial charge in [-0.3, -0.25) is 9.69 Å². The lowest BCUT2D eigenvalue weighted by molar-refractivity contribution is -0.137. The molecule has 3 aliphatic heterocycles. The molecule has 268 valence electrons. The molecule has 4 aromatic rings. The van der Waals surface area contributed by atoms with Crippen LogP contribution < -0.4 is 15.4 Å². The Balaban J connectivity index is 1.45. The quantitative estimate of drug-likeness (QED) is 0.163. The van der Waals surface area contributed by atoms with Crippen molar-refractivity contribution >= 4 is 49.1 Å². The Hall–Kier alpha value is -4.62. The minimum Gasteiger partial charge on any atom is -0.461 e. The molecule has 0 bridgehead atoms. The highest BCUT2D eigenvalue weighted by Gasteiger charge is 2.49. The van der Waals surface area contributed by atoms with E-state index in [0.717, 1.165) is 24.6 Å². The number of nitriles is 1. The average molecular weight is 730 g/mol. The molecule has 0 saturated carbocycles. The van der Waals surface area contributed by atoms with Gasteiger partial charge in [0.05, 0.1) is 27.4 Å². The number of likely N-dealkylation sites (tertiary alicyclic amines) is 1. The van der Waals surface area contributed by atoms with Crippen molar-refractivity contribution in [3.63, 3.8) is 0 Å². The lowest BCUT2D eigenvalue weighted by Crippen LogP contribution is -2.44. The van der Waals surface area contributed by atoms with E-state index < -0.39 is 58.2 Å². The molecule has 3 saturated heterocycles. The zero-order valence-electron chi connectivity index (χ0n) is 27.7. The Morgan fingerprint density at radius 3 is 2.76 bits per heavy atom. The van der Waals surface area contributed by atoms with E-state index in [1.54, 1.807) is 23.8 Å². The Kier molecular flexibility index (Phi) is 8.57. The molecule has 9 nitrogen and oxygen atoms in total. The van der Waals surface area contributed by atoms with Crippen molar-refractivity contribution in [3.05, 3.63) is 53.6 Å². The van der Waals surface area contributed by atoms with Gasteiger partial charge >= 0.3 is 12.2 Å². The molecular formula is C35H33F6N7O2S. The van der Waals surface area contributed by atoms with E-state index in [1.165, 1.54) is 6.08 Å². The highest BCUT2D eigenvalue weighted by Crippen LogP contribution is 2.48. The predicted molar refractivity (Wildman–Crippen MR) is 181 cm³/mol. The topological polar surface area (TPSA) is 112 Å². The first-order valence-corrected chi connectivity index (χ1v) is 17.2. The van der Waals surface area contributed by atoms with Crippen molar-refractivity contribution in [2.75, 3.05) is 43.9 Å². The van der Waals surface area contributed by atoms with E-state index in [0.29, 0.717) is 37.3 Å². The summed E-state index contributed by atoms with van der Waals surface area (Å²) >= 11 is 0.674. The van der Waals surface area contributed by atoms with Gasteiger partial charge in [-0.15, -0.1) is 11.3 Å². The molecule has 16 heteroatoms. The highest BCUT2D eigenvalue weighted by atomic mass is 32.1. The number of carbonyl (C=O) groups excluding carboxylic acids is 1. The van der Waals surface area contributed by atoms with Crippen LogP contribution in [-0.4, -0.2) is 82.8 Å². The van der Waals surface area contributed by atoms with Crippen LogP contribution in [0.3, 0.4) is 0 Å². The summed E-state index contributed by atoms with van der Waals surface area (Å²) in [5.41, 5.74) is 1.81. The zero-order chi connectivity index (χ0) is 36.6. The number of rotatable bonds is 7. The van der Waals surface area contributed by atoms with Crippen molar-refractivity contribution in [2.24, 2.45) is 0 Å². The van der Waals surface area contributed by atoms with Crippen LogP contribution in [0.1, 0.15) is 43.7 Å². The number of nitrogens with zero attached hydrogens (tertiary/aromatic N) is 6. The average Bonchev–Trinajstić information content (AvgIpc) is 3.83. The minimum absolute atomic E-state index is 0.0308. The molecule has 3 aliphatic rings. The molecule has 1 amide bonds. The van der Waals surface area contributed by atoms with Crippen molar-refractivity contribution in [1.29, 1.82) is 5.26 Å². The number of aromatic nitrogens is 2. The standard InChI is InChI=1S/C35H33F6N7O2S/c1-4-25(49)48-11-8-24(17(48)2)46(3)32-20-12-22(35(39,40)41)27(19-6-7-23(37)30-26(19)21(14-42)31(43)51-30)28(38)29(20)44-33(45-32)50-16-34-9-5-10-47(34)15-18(36)13-34/h4,6-7,12,17-18,24H,1,5,8-11,13,15-16,43H2,2-3H3. The van der Waals surface area contributed by atoms with Crippen LogP contribution in [-0.2, 0) is 11.0 Å². The minimum atomic E-state index is -5.13. The van der Waals surface area contributed by atoms with Crippen molar-refractivity contribution < 1.29 is 35.9 Å². The maximum Gasteiger partial charge on any atom is 0.417 e. The van der Waals surface area contributed by atoms with E-state index in [1.807, 2.05) is 11.0 Å². The number of ether oxygens (including phenoxy) is 1. The van der Waals surface area contributed by atoms with E-state index in [4.69, 9.17) is 10.5 Å². The Morgan fingerprint density at radius 2 is 2.06 bits per heavy atom. The molecule has 4 atom stereocenters. The maximum absolute atomic E-state index is 17.1. The van der Waals surface area contributed by atoms with Crippen LogP contribution in [0.15, 0.2) is 30.9 Å². The molecule has 4 unspecified atom stereocenters. The number of nitrogens with two attached hydrogens (primary N) is 1. The summed E-state index contributed by atoms with van der Waals surface area (Å²) in [6.45, 7) is 6.57. The molecule has 51 heavy (non-hydrogen) atoms. The van der Waals surface area contributed by atoms with Crippen LogP contribution in [0, 0.1) is 23.0 Å². The second-order valence-electron chi connectivity index (χ2n) is 13.4. The van der Waals surface area contributed by atoms with Gasteiger partial charge in [0.15, 0.2) is 5.82 Å². The number of fused-ring (bicyclic) bond motifs is 3. The molecule has 0 spiro atoms. The predicted octanol–water partition coefficient (Wildman–Crippen LogP) is 6.83. The summed E-state index contributed by atoms with van der Waals surface area (Å²) in [6, 6.07) is 3.24. The first-order valence-electron chi connectivity index (χ1n) is 16.4. The summed E-state index contributed by atoms with van der Waals surface area (Å²) in [5.74, 6) is -2.62. The van der Waals surface area contributed by atoms with Gasteiger partial charge in [0, 0.05) is 48.9 Å². The van der Waals surface area contributed by atoms with Crippen LogP contribution >= 0.6 is 11.3 Å². The molecular weight excluding hydrogens is 696 g/mol. The molecule has 3 fully saturated rings. The fourth-order valence-corrected chi connectivity index (χ4v) is 9.14. The van der Waals surface area contributed by atoms with Gasteiger partial charge in [0.2, 0.25) is 5.91 Å². The summed E-state index contributed by atoms with van der Waals surface area (Å²) in [4.78, 5) is 26.6. The number of hydrogen-bond donors (Lipinski definition) is 1. The second-order valence-corrected chi connectivity index (χ2v) is 14.4. The molecule has 7 rings (SSSR count). The number of anilines is 2. The summed E-state index contributed by atoms with van der Waals surface area (Å²) in [5, 5.41) is 9.17. The van der Waals surface area contributed by atoms with Gasteiger partial charge in [0.25, 0.3) is 0 Å². The van der Waals surface area contributed by atoms with E-state index >= 15 is 17.6 Å². The maximum atomic E-state index is 17.1. The number of carbonyl (C=O) groups is 1. The van der Waals surface area contributed by atoms with Crippen LogP contribution in [0.5, 0.6) is 6.01 Å². The number of alkyl halides is 4. The van der Waals surface area contributed by atoms with Crippen LogP contribution in [0.25, 0.3) is 32.1 Å². The Labute approximate surface area is 292 Å². The first kappa shape index (κ1) is 34.8. The molecule has 2 N–H and O–H groups in total. The van der Waals surface area contributed by atoms with Gasteiger partial charge in [-0.05, 0) is 56.5 Å². The lowest BCUT2D eigenvalue weighted by Gasteiger charge is -2.33. The fourth-order valence-electron chi connectivity index (χ4n) is 8.19. The number of amides is 1. The number of hydrogen-bond acceptors (Lipinski definition) is 9. The third-order valence-corrected chi connectivity index (χ3v) is 11.7. The van der Waals surface area contributed by atoms with Gasteiger partial charge in [-0.25, -0.2) is 13.2 Å². The van der Waals surface area contributed by atoms with Gasteiger partial charge in [0.1, 0.15) is 41.0 Å². The number of likely N-dealkylation sites (N-methyl/N-ethyl adjacent to an activating group) is 1. The highest BCUT2D eigenvalue weighted by molar-refractivity contribution is 7.23. The number of halogens is 6. The SMILES string of the molecule is C=CC(=O)N1CCC(N(C)c2nc(OCC34CCCN3CC(F)C4)nc3c(F)c(-c4ccc(F)c5sc(N)c(C#N)c45)c(C(F)(F)F)cc23)C1C. The molecule has 2 aromatic heterocycles. The molecule has 2 aromatic carbocycles. The number of thiophene rings is 1. The summed E-state index contributed by atoms with van der Waals surface area (Å²) in [6.07, 6.45) is -2.89. The molecule has 5 heterocycles.